The van der Waals surface area contributed by atoms with Crippen LogP contribution in [0.4, 0.5) is 0 Å². The predicted octanol–water partition coefficient (Wildman–Crippen LogP) is 3.86. The Balaban J connectivity index is 1.40. The Kier molecular flexibility index (Phi) is 5.58. The van der Waals surface area contributed by atoms with E-state index in [4.69, 9.17) is 9.15 Å². The van der Waals surface area contributed by atoms with Crippen LogP contribution in [-0.2, 0) is 16.1 Å². The Morgan fingerprint density at radius 2 is 1.76 bits per heavy atom. The molecule has 0 saturated carbocycles. The molecule has 0 aliphatic heterocycles. The summed E-state index contributed by atoms with van der Waals surface area (Å²) in [6, 6.07) is 24.3. The molecule has 0 aliphatic rings. The highest BCUT2D eigenvalue weighted by atomic mass is 16.5. The third-order valence-corrected chi connectivity index (χ3v) is 4.78. The van der Waals surface area contributed by atoms with Crippen molar-refractivity contribution in [2.24, 2.45) is 0 Å². The highest BCUT2D eigenvalue weighted by Gasteiger charge is 2.21. The van der Waals surface area contributed by atoms with E-state index in [1.54, 1.807) is 22.9 Å². The number of aromatic nitrogens is 6. The minimum Gasteiger partial charge on any atom is -0.465 e. The van der Waals surface area contributed by atoms with Gasteiger partial charge in [0.1, 0.15) is 18.1 Å². The summed E-state index contributed by atoms with van der Waals surface area (Å²) in [5.41, 5.74) is 2.37. The lowest BCUT2D eigenvalue weighted by Gasteiger charge is -2.09. The molecule has 0 N–H and O–H groups in total. The third kappa shape index (κ3) is 4.47. The van der Waals surface area contributed by atoms with Crippen molar-refractivity contribution in [2.45, 2.75) is 6.61 Å². The van der Waals surface area contributed by atoms with E-state index < -0.39 is 5.97 Å². The van der Waals surface area contributed by atoms with E-state index in [1.807, 2.05) is 66.9 Å². The second-order valence-corrected chi connectivity index (χ2v) is 6.99. The molecule has 0 bridgehead atoms. The van der Waals surface area contributed by atoms with Crippen molar-refractivity contribution >= 4 is 17.7 Å². The summed E-state index contributed by atoms with van der Waals surface area (Å²) in [5.74, 6) is 0.244. The summed E-state index contributed by atoms with van der Waals surface area (Å²) in [6.07, 6.45) is 4.86. The van der Waals surface area contributed by atoms with Crippen LogP contribution in [-0.4, -0.2) is 36.0 Å². The van der Waals surface area contributed by atoms with Gasteiger partial charge in [0.15, 0.2) is 11.5 Å². The van der Waals surface area contributed by atoms with Crippen LogP contribution in [0, 0.1) is 0 Å². The maximum Gasteiger partial charge on any atom is 0.357 e. The molecular weight excluding hydrogens is 420 g/mol. The smallest absolute Gasteiger partial charge is 0.357 e. The number of rotatable bonds is 7. The average Bonchev–Trinajstić information content (AvgIpc) is 3.64. The summed E-state index contributed by atoms with van der Waals surface area (Å²) in [4.78, 5) is 13.1. The first kappa shape index (κ1) is 20.1. The van der Waals surface area contributed by atoms with Crippen molar-refractivity contribution in [3.05, 3.63) is 103 Å². The van der Waals surface area contributed by atoms with Crippen molar-refractivity contribution in [1.82, 2.24) is 30.0 Å². The van der Waals surface area contributed by atoms with Gasteiger partial charge in [0.2, 0.25) is 0 Å². The SMILES string of the molecule is O=C(OCc1ccn(-c2ccccc2)n1)/C(=C/c1ccco1)n1nnnc1-c1ccccc1. The highest BCUT2D eigenvalue weighted by Crippen LogP contribution is 2.21. The number of carbonyl (C=O) groups is 1. The maximum absolute atomic E-state index is 13.1. The number of para-hydroxylation sites is 1. The molecule has 0 atom stereocenters. The van der Waals surface area contributed by atoms with Gasteiger partial charge in [-0.25, -0.2) is 9.48 Å². The molecule has 5 rings (SSSR count). The second-order valence-electron chi connectivity index (χ2n) is 6.99. The quantitative estimate of drug-likeness (QED) is 0.281. The van der Waals surface area contributed by atoms with E-state index in [9.17, 15) is 4.79 Å². The van der Waals surface area contributed by atoms with Crippen molar-refractivity contribution < 1.29 is 13.9 Å². The number of tetrazole rings is 1. The molecule has 0 radical (unpaired) electrons. The molecule has 0 unspecified atom stereocenters. The van der Waals surface area contributed by atoms with Crippen LogP contribution < -0.4 is 0 Å². The van der Waals surface area contributed by atoms with Crippen LogP contribution in [0.2, 0.25) is 0 Å². The van der Waals surface area contributed by atoms with Gasteiger partial charge in [0.25, 0.3) is 0 Å². The lowest BCUT2D eigenvalue weighted by molar-refractivity contribution is -0.138. The third-order valence-electron chi connectivity index (χ3n) is 4.78. The molecule has 9 nitrogen and oxygen atoms in total. The fourth-order valence-electron chi connectivity index (χ4n) is 3.21. The van der Waals surface area contributed by atoms with Crippen molar-refractivity contribution in [2.75, 3.05) is 0 Å². The summed E-state index contributed by atoms with van der Waals surface area (Å²) >= 11 is 0. The topological polar surface area (TPSA) is 101 Å². The minimum atomic E-state index is -0.620. The molecule has 0 saturated heterocycles. The Morgan fingerprint density at radius 3 is 2.52 bits per heavy atom. The standard InChI is InChI=1S/C24H18N6O3/c31-24(33-17-19-13-14-29(26-19)20-10-5-2-6-11-20)22(16-21-12-7-15-32-21)30-23(25-27-28-30)18-8-3-1-4-9-18/h1-16H,17H2/b22-16-. The van der Waals surface area contributed by atoms with Crippen LogP contribution >= 0.6 is 0 Å². The molecular formula is C24H18N6O3. The number of benzene rings is 2. The van der Waals surface area contributed by atoms with E-state index >= 15 is 0 Å². The van der Waals surface area contributed by atoms with Crippen LogP contribution in [0.1, 0.15) is 11.5 Å². The van der Waals surface area contributed by atoms with Gasteiger partial charge in [-0.15, -0.1) is 5.10 Å². The molecule has 162 valence electrons. The van der Waals surface area contributed by atoms with Crippen molar-refractivity contribution in [3.8, 4) is 17.1 Å². The first-order valence-corrected chi connectivity index (χ1v) is 10.1. The Hall–Kier alpha value is -4.79. The molecule has 33 heavy (non-hydrogen) atoms. The van der Waals surface area contributed by atoms with Gasteiger partial charge < -0.3 is 9.15 Å². The lowest BCUT2D eigenvalue weighted by atomic mass is 10.2. The first-order valence-electron chi connectivity index (χ1n) is 10.1. The average molecular weight is 438 g/mol. The molecule has 2 aromatic carbocycles. The number of hydrogen-bond acceptors (Lipinski definition) is 7. The zero-order chi connectivity index (χ0) is 22.5. The maximum atomic E-state index is 13.1. The Labute approximate surface area is 188 Å². The van der Waals surface area contributed by atoms with Gasteiger partial charge in [-0.2, -0.15) is 9.78 Å². The van der Waals surface area contributed by atoms with E-state index in [2.05, 4.69) is 20.6 Å². The molecule has 9 heteroatoms. The van der Waals surface area contributed by atoms with Crippen molar-refractivity contribution in [1.29, 1.82) is 0 Å². The van der Waals surface area contributed by atoms with Crippen LogP contribution in [0.5, 0.6) is 0 Å². The van der Waals surface area contributed by atoms with Crippen LogP contribution in [0.25, 0.3) is 28.8 Å². The minimum absolute atomic E-state index is 0.0169. The Morgan fingerprint density at radius 1 is 0.970 bits per heavy atom. The zero-order valence-electron chi connectivity index (χ0n) is 17.4. The molecule has 3 heterocycles. The molecule has 0 spiro atoms. The molecule has 0 aliphatic carbocycles. The fourth-order valence-corrected chi connectivity index (χ4v) is 3.21. The molecule has 3 aromatic heterocycles. The summed E-state index contributed by atoms with van der Waals surface area (Å²) < 4.78 is 14.0. The first-order chi connectivity index (χ1) is 16.3. The molecule has 5 aromatic rings. The number of carbonyl (C=O) groups excluding carboxylic acids is 1. The zero-order valence-corrected chi connectivity index (χ0v) is 17.4. The largest absolute Gasteiger partial charge is 0.465 e. The number of hydrogen-bond donors (Lipinski definition) is 0. The number of esters is 1. The van der Waals surface area contributed by atoms with E-state index in [1.165, 1.54) is 17.0 Å². The van der Waals surface area contributed by atoms with Gasteiger partial charge in [0.05, 0.1) is 12.0 Å². The number of nitrogens with zero attached hydrogens (tertiary/aromatic N) is 6. The summed E-state index contributed by atoms with van der Waals surface area (Å²) in [6.45, 7) is -0.0169. The molecule has 0 amide bonds. The summed E-state index contributed by atoms with van der Waals surface area (Å²) in [5, 5.41) is 16.3. The van der Waals surface area contributed by atoms with Gasteiger partial charge in [0, 0.05) is 17.8 Å². The second kappa shape index (κ2) is 9.15. The number of ether oxygens (including phenoxy) is 1. The Bertz CT molecular complexity index is 1370. The normalized spacial score (nSPS) is 11.5. The fraction of sp³-hybridized carbons (Fsp3) is 0.0417. The van der Waals surface area contributed by atoms with Crippen LogP contribution in [0.3, 0.4) is 0 Å². The van der Waals surface area contributed by atoms with E-state index in [0.717, 1.165) is 11.3 Å². The lowest BCUT2D eigenvalue weighted by Crippen LogP contribution is -2.15. The van der Waals surface area contributed by atoms with Crippen molar-refractivity contribution in [3.63, 3.8) is 0 Å². The highest BCUT2D eigenvalue weighted by molar-refractivity contribution is 6.15. The van der Waals surface area contributed by atoms with E-state index in [-0.39, 0.29) is 12.3 Å². The van der Waals surface area contributed by atoms with Gasteiger partial charge in [-0.3, -0.25) is 0 Å². The van der Waals surface area contributed by atoms with E-state index in [0.29, 0.717) is 17.3 Å². The summed E-state index contributed by atoms with van der Waals surface area (Å²) in [7, 11) is 0. The predicted molar refractivity (Wildman–Crippen MR) is 119 cm³/mol. The van der Waals surface area contributed by atoms with Gasteiger partial charge >= 0.3 is 5.97 Å². The molecule has 0 fully saturated rings. The number of furan rings is 1. The monoisotopic (exact) mass is 438 g/mol. The van der Waals surface area contributed by atoms with Gasteiger partial charge in [-0.05, 0) is 40.8 Å². The van der Waals surface area contributed by atoms with Gasteiger partial charge in [-0.1, -0.05) is 48.5 Å². The van der Waals surface area contributed by atoms with Crippen LogP contribution in [0.15, 0.2) is 95.7 Å².